The highest BCUT2D eigenvalue weighted by molar-refractivity contribution is 5.91. The van der Waals surface area contributed by atoms with Crippen molar-refractivity contribution < 1.29 is 23.4 Å². The van der Waals surface area contributed by atoms with Gasteiger partial charge in [0.1, 0.15) is 23.9 Å². The SMILES string of the molecule is Cc1cc(OCCO)ccc1-c1n[nH]c2nc(Oc3ccc(F)cc3F)ncc12. The Kier molecular flexibility index (Phi) is 5.05. The van der Waals surface area contributed by atoms with Crippen LogP contribution in [0.4, 0.5) is 8.78 Å². The number of H-pyrrole nitrogens is 1. The summed E-state index contributed by atoms with van der Waals surface area (Å²) < 4.78 is 37.5. The summed E-state index contributed by atoms with van der Waals surface area (Å²) >= 11 is 0. The highest BCUT2D eigenvalue weighted by atomic mass is 19.1. The number of aliphatic hydroxyl groups excluding tert-OH is 1. The van der Waals surface area contributed by atoms with Crippen molar-refractivity contribution in [3.8, 4) is 28.8 Å². The van der Waals surface area contributed by atoms with E-state index in [-0.39, 0.29) is 25.0 Å². The van der Waals surface area contributed by atoms with Crippen LogP contribution in [0, 0.1) is 18.6 Å². The first-order valence-corrected chi connectivity index (χ1v) is 8.74. The predicted octanol–water partition coefficient (Wildman–Crippen LogP) is 3.77. The fraction of sp³-hybridized carbons (Fsp3) is 0.150. The molecule has 0 amide bonds. The monoisotopic (exact) mass is 398 g/mol. The molecule has 0 fully saturated rings. The van der Waals surface area contributed by atoms with Crippen LogP contribution in [0.1, 0.15) is 5.56 Å². The number of halogens is 2. The molecule has 2 aromatic heterocycles. The van der Waals surface area contributed by atoms with E-state index >= 15 is 0 Å². The fourth-order valence-electron chi connectivity index (χ4n) is 2.86. The van der Waals surface area contributed by atoms with E-state index in [0.29, 0.717) is 22.5 Å². The average Bonchev–Trinajstić information content (AvgIpc) is 3.11. The molecule has 0 saturated carbocycles. The van der Waals surface area contributed by atoms with E-state index in [1.165, 1.54) is 12.3 Å². The number of ether oxygens (including phenoxy) is 2. The van der Waals surface area contributed by atoms with E-state index in [1.54, 1.807) is 6.07 Å². The highest BCUT2D eigenvalue weighted by Gasteiger charge is 2.15. The Hall–Kier alpha value is -3.59. The molecule has 0 unspecified atom stereocenters. The Balaban J connectivity index is 1.63. The van der Waals surface area contributed by atoms with Gasteiger partial charge in [0.05, 0.1) is 12.0 Å². The molecule has 2 N–H and O–H groups in total. The number of rotatable bonds is 6. The van der Waals surface area contributed by atoms with E-state index in [2.05, 4.69) is 20.2 Å². The van der Waals surface area contributed by atoms with Gasteiger partial charge in [-0.2, -0.15) is 10.1 Å². The summed E-state index contributed by atoms with van der Waals surface area (Å²) in [5, 5.41) is 16.6. The van der Waals surface area contributed by atoms with Gasteiger partial charge in [0.15, 0.2) is 17.2 Å². The molecule has 29 heavy (non-hydrogen) atoms. The minimum atomic E-state index is -0.849. The molecule has 0 atom stereocenters. The van der Waals surface area contributed by atoms with Gasteiger partial charge in [-0.25, -0.2) is 13.8 Å². The summed E-state index contributed by atoms with van der Waals surface area (Å²) in [5.41, 5.74) is 2.83. The van der Waals surface area contributed by atoms with Crippen molar-refractivity contribution in [2.45, 2.75) is 6.92 Å². The summed E-state index contributed by atoms with van der Waals surface area (Å²) in [6.07, 6.45) is 1.52. The number of aryl methyl sites for hydroxylation is 1. The van der Waals surface area contributed by atoms with Crippen LogP contribution in [-0.2, 0) is 0 Å². The Bertz CT molecular complexity index is 1180. The summed E-state index contributed by atoms with van der Waals surface area (Å²) in [6, 6.07) is 8.37. The molecule has 9 heteroatoms. The van der Waals surface area contributed by atoms with Crippen LogP contribution in [0.2, 0.25) is 0 Å². The van der Waals surface area contributed by atoms with Gasteiger partial charge in [-0.3, -0.25) is 5.10 Å². The third-order valence-corrected chi connectivity index (χ3v) is 4.20. The van der Waals surface area contributed by atoms with E-state index in [0.717, 1.165) is 23.3 Å². The summed E-state index contributed by atoms with van der Waals surface area (Å²) in [6.45, 7) is 2.07. The zero-order valence-corrected chi connectivity index (χ0v) is 15.3. The van der Waals surface area contributed by atoms with Gasteiger partial charge in [0.25, 0.3) is 0 Å². The van der Waals surface area contributed by atoms with Crippen LogP contribution < -0.4 is 9.47 Å². The summed E-state index contributed by atoms with van der Waals surface area (Å²) in [7, 11) is 0. The van der Waals surface area contributed by atoms with Gasteiger partial charge >= 0.3 is 6.01 Å². The summed E-state index contributed by atoms with van der Waals surface area (Å²) in [5.74, 6) is -1.08. The van der Waals surface area contributed by atoms with Gasteiger partial charge in [0, 0.05) is 17.8 Å². The van der Waals surface area contributed by atoms with E-state index in [4.69, 9.17) is 14.6 Å². The van der Waals surface area contributed by atoms with Crippen LogP contribution >= 0.6 is 0 Å². The second kappa shape index (κ2) is 7.80. The Morgan fingerprint density at radius 3 is 2.76 bits per heavy atom. The molecular weight excluding hydrogens is 382 g/mol. The summed E-state index contributed by atoms with van der Waals surface area (Å²) in [4.78, 5) is 8.31. The van der Waals surface area contributed by atoms with Crippen LogP contribution in [0.3, 0.4) is 0 Å². The zero-order chi connectivity index (χ0) is 20.4. The van der Waals surface area contributed by atoms with Crippen molar-refractivity contribution >= 4 is 11.0 Å². The van der Waals surface area contributed by atoms with Gasteiger partial charge in [-0.05, 0) is 42.8 Å². The number of fused-ring (bicyclic) bond motifs is 1. The highest BCUT2D eigenvalue weighted by Crippen LogP contribution is 2.31. The number of aromatic amines is 1. The molecule has 0 bridgehead atoms. The normalized spacial score (nSPS) is 11.0. The Labute approximate surface area is 164 Å². The molecule has 0 spiro atoms. The molecular formula is C20H16F2N4O3. The third-order valence-electron chi connectivity index (χ3n) is 4.20. The van der Waals surface area contributed by atoms with Gasteiger partial charge in [-0.1, -0.05) is 0 Å². The van der Waals surface area contributed by atoms with E-state index in [9.17, 15) is 8.78 Å². The second-order valence-corrected chi connectivity index (χ2v) is 6.21. The number of hydrogen-bond acceptors (Lipinski definition) is 6. The molecule has 2 aromatic carbocycles. The van der Waals surface area contributed by atoms with Crippen molar-refractivity contribution in [1.29, 1.82) is 0 Å². The molecule has 0 aliphatic carbocycles. The first kappa shape index (κ1) is 18.8. The minimum absolute atomic E-state index is 0.0611. The zero-order valence-electron chi connectivity index (χ0n) is 15.3. The smallest absolute Gasteiger partial charge is 0.324 e. The standard InChI is InChI=1S/C20H16F2N4O3/c1-11-8-13(28-7-6-27)3-4-14(11)18-15-10-23-20(24-19(15)26-25-18)29-17-5-2-12(21)9-16(17)22/h2-5,8-10,27H,6-7H2,1H3,(H,23,24,25,26). The van der Waals surface area contributed by atoms with Gasteiger partial charge in [0.2, 0.25) is 0 Å². The quantitative estimate of drug-likeness (QED) is 0.514. The molecule has 2 heterocycles. The van der Waals surface area contributed by atoms with Gasteiger partial charge < -0.3 is 14.6 Å². The second-order valence-electron chi connectivity index (χ2n) is 6.21. The number of hydrogen-bond donors (Lipinski definition) is 2. The van der Waals surface area contributed by atoms with Crippen LogP contribution in [0.25, 0.3) is 22.3 Å². The maximum Gasteiger partial charge on any atom is 0.324 e. The molecule has 0 aliphatic heterocycles. The van der Waals surface area contributed by atoms with Crippen molar-refractivity contribution in [3.63, 3.8) is 0 Å². The Morgan fingerprint density at radius 2 is 2.00 bits per heavy atom. The first-order chi connectivity index (χ1) is 14.0. The lowest BCUT2D eigenvalue weighted by molar-refractivity contribution is 0.201. The first-order valence-electron chi connectivity index (χ1n) is 8.74. The van der Waals surface area contributed by atoms with Crippen molar-refractivity contribution in [1.82, 2.24) is 20.2 Å². The Morgan fingerprint density at radius 1 is 1.14 bits per heavy atom. The molecule has 4 rings (SSSR count). The number of nitrogens with one attached hydrogen (secondary N) is 1. The van der Waals surface area contributed by atoms with Crippen LogP contribution in [0.5, 0.6) is 17.5 Å². The number of aromatic nitrogens is 4. The van der Waals surface area contributed by atoms with Crippen molar-refractivity contribution in [2.24, 2.45) is 0 Å². The van der Waals surface area contributed by atoms with Crippen LogP contribution in [-0.4, -0.2) is 38.5 Å². The lowest BCUT2D eigenvalue weighted by Crippen LogP contribution is -2.01. The lowest BCUT2D eigenvalue weighted by Gasteiger charge is -2.08. The average molecular weight is 398 g/mol. The maximum atomic E-state index is 13.8. The molecule has 4 aromatic rings. The maximum absolute atomic E-state index is 13.8. The largest absolute Gasteiger partial charge is 0.491 e. The number of benzene rings is 2. The van der Waals surface area contributed by atoms with Gasteiger partial charge in [-0.15, -0.1) is 0 Å². The molecule has 7 nitrogen and oxygen atoms in total. The number of aliphatic hydroxyl groups is 1. The van der Waals surface area contributed by atoms with Crippen molar-refractivity contribution in [3.05, 3.63) is 59.8 Å². The lowest BCUT2D eigenvalue weighted by atomic mass is 10.0. The fourth-order valence-corrected chi connectivity index (χ4v) is 2.86. The minimum Gasteiger partial charge on any atom is -0.491 e. The molecule has 0 saturated heterocycles. The van der Waals surface area contributed by atoms with E-state index < -0.39 is 11.6 Å². The third kappa shape index (κ3) is 3.85. The van der Waals surface area contributed by atoms with E-state index in [1.807, 2.05) is 19.1 Å². The molecule has 0 aliphatic rings. The van der Waals surface area contributed by atoms with Crippen LogP contribution in [0.15, 0.2) is 42.6 Å². The molecule has 148 valence electrons. The van der Waals surface area contributed by atoms with Crippen molar-refractivity contribution in [2.75, 3.05) is 13.2 Å². The molecule has 0 radical (unpaired) electrons. The topological polar surface area (TPSA) is 93.2 Å². The predicted molar refractivity (Wildman–Crippen MR) is 101 cm³/mol. The number of nitrogens with zero attached hydrogens (tertiary/aromatic N) is 3.